The van der Waals surface area contributed by atoms with Gasteiger partial charge in [0.2, 0.25) is 0 Å². The first-order valence-corrected chi connectivity index (χ1v) is 9.48. The van der Waals surface area contributed by atoms with Crippen molar-refractivity contribution < 1.29 is 14.2 Å². The highest BCUT2D eigenvalue weighted by Crippen LogP contribution is 2.37. The van der Waals surface area contributed by atoms with Crippen molar-refractivity contribution in [1.29, 1.82) is 0 Å². The number of benzene rings is 3. The molecule has 0 spiro atoms. The number of ether oxygens (including phenoxy) is 3. The summed E-state index contributed by atoms with van der Waals surface area (Å²) in [5.41, 5.74) is 6.44. The Kier molecular flexibility index (Phi) is 5.64. The van der Waals surface area contributed by atoms with Crippen LogP contribution in [0.4, 0.5) is 0 Å². The van der Waals surface area contributed by atoms with Crippen LogP contribution in [-0.4, -0.2) is 7.11 Å². The van der Waals surface area contributed by atoms with Gasteiger partial charge in [-0.15, -0.1) is 0 Å². The van der Waals surface area contributed by atoms with E-state index in [2.05, 4.69) is 26.0 Å². The van der Waals surface area contributed by atoms with Crippen LogP contribution in [0.2, 0.25) is 0 Å². The molecule has 3 aromatic rings. The average molecular weight is 376 g/mol. The molecule has 0 amide bonds. The Morgan fingerprint density at radius 1 is 0.500 bits per heavy atom. The molecule has 3 rings (SSSR count). The van der Waals surface area contributed by atoms with Crippen molar-refractivity contribution in [2.24, 2.45) is 0 Å². The lowest BCUT2D eigenvalue weighted by molar-refractivity contribution is 0.406. The molecule has 0 radical (unpaired) electrons. The van der Waals surface area contributed by atoms with Crippen LogP contribution in [0.1, 0.15) is 33.4 Å². The van der Waals surface area contributed by atoms with E-state index in [-0.39, 0.29) is 0 Å². The van der Waals surface area contributed by atoms with Crippen molar-refractivity contribution in [3.8, 4) is 28.7 Å². The highest BCUT2D eigenvalue weighted by atomic mass is 16.5. The van der Waals surface area contributed by atoms with Gasteiger partial charge in [-0.1, -0.05) is 18.2 Å². The minimum absolute atomic E-state index is 0.811. The molecule has 0 unspecified atom stereocenters. The smallest absolute Gasteiger partial charge is 0.133 e. The average Bonchev–Trinajstić information content (AvgIpc) is 2.61. The Morgan fingerprint density at radius 2 is 0.857 bits per heavy atom. The van der Waals surface area contributed by atoms with Gasteiger partial charge in [-0.05, 0) is 99.2 Å². The number of rotatable bonds is 5. The summed E-state index contributed by atoms with van der Waals surface area (Å²) in [6.45, 7) is 12.3. The van der Waals surface area contributed by atoms with Crippen LogP contribution in [0.5, 0.6) is 28.7 Å². The first kappa shape index (κ1) is 19.8. The third kappa shape index (κ3) is 3.99. The van der Waals surface area contributed by atoms with Gasteiger partial charge in [-0.2, -0.15) is 0 Å². The Morgan fingerprint density at radius 3 is 1.25 bits per heavy atom. The normalized spacial score (nSPS) is 10.7. The second-order valence-corrected chi connectivity index (χ2v) is 7.40. The van der Waals surface area contributed by atoms with E-state index in [0.29, 0.717) is 0 Å². The van der Waals surface area contributed by atoms with Crippen molar-refractivity contribution >= 4 is 0 Å². The summed E-state index contributed by atoms with van der Waals surface area (Å²) in [7, 11) is 1.69. The molecule has 3 nitrogen and oxygen atoms in total. The Balaban J connectivity index is 1.91. The van der Waals surface area contributed by atoms with Crippen molar-refractivity contribution in [2.45, 2.75) is 41.5 Å². The zero-order valence-corrected chi connectivity index (χ0v) is 17.8. The minimum Gasteiger partial charge on any atom is -0.496 e. The number of aryl methyl sites for hydroxylation is 6. The molecule has 0 aromatic heterocycles. The second-order valence-electron chi connectivity index (χ2n) is 7.40. The maximum absolute atomic E-state index is 6.24. The van der Waals surface area contributed by atoms with Gasteiger partial charge in [-0.25, -0.2) is 0 Å². The summed E-state index contributed by atoms with van der Waals surface area (Å²) in [6.07, 6.45) is 0. The predicted molar refractivity (Wildman–Crippen MR) is 114 cm³/mol. The summed E-state index contributed by atoms with van der Waals surface area (Å²) in [5.74, 6) is 4.31. The van der Waals surface area contributed by atoms with E-state index in [1.807, 2.05) is 58.0 Å². The fraction of sp³-hybridized carbons (Fsp3) is 0.280. The van der Waals surface area contributed by atoms with Crippen LogP contribution in [0.25, 0.3) is 0 Å². The van der Waals surface area contributed by atoms with Gasteiger partial charge >= 0.3 is 0 Å². The first-order valence-electron chi connectivity index (χ1n) is 9.48. The van der Waals surface area contributed by atoms with Crippen LogP contribution in [0.15, 0.2) is 42.5 Å². The number of hydrogen-bond acceptors (Lipinski definition) is 3. The summed E-state index contributed by atoms with van der Waals surface area (Å²) in [6, 6.07) is 14.2. The van der Waals surface area contributed by atoms with Crippen molar-refractivity contribution in [3.05, 3.63) is 75.8 Å². The molecular weight excluding hydrogens is 348 g/mol. The SMILES string of the molecule is COc1c(C)cc(Oc2c(C)cc(Oc3c(C)cccc3C)cc2C)cc1C. The molecule has 0 aliphatic heterocycles. The predicted octanol–water partition coefficient (Wildman–Crippen LogP) is 7.13. The fourth-order valence-corrected chi connectivity index (χ4v) is 3.62. The van der Waals surface area contributed by atoms with Gasteiger partial charge in [0, 0.05) is 0 Å². The van der Waals surface area contributed by atoms with Crippen molar-refractivity contribution in [2.75, 3.05) is 7.11 Å². The van der Waals surface area contributed by atoms with Crippen LogP contribution in [-0.2, 0) is 0 Å². The topological polar surface area (TPSA) is 27.7 Å². The van der Waals surface area contributed by atoms with E-state index in [1.165, 1.54) is 0 Å². The molecule has 0 fully saturated rings. The Bertz CT molecular complexity index is 952. The lowest BCUT2D eigenvalue weighted by Gasteiger charge is -2.17. The van der Waals surface area contributed by atoms with Gasteiger partial charge in [0.15, 0.2) is 0 Å². The number of para-hydroxylation sites is 1. The van der Waals surface area contributed by atoms with Crippen LogP contribution in [0, 0.1) is 41.5 Å². The molecular formula is C25H28O3. The Hall–Kier alpha value is -2.94. The fourth-order valence-electron chi connectivity index (χ4n) is 3.62. The van der Waals surface area contributed by atoms with E-state index in [4.69, 9.17) is 14.2 Å². The molecule has 0 heterocycles. The maximum Gasteiger partial charge on any atom is 0.133 e. The zero-order valence-electron chi connectivity index (χ0n) is 17.8. The molecule has 0 saturated heterocycles. The molecule has 0 bridgehead atoms. The summed E-state index contributed by atoms with van der Waals surface area (Å²) >= 11 is 0. The third-order valence-electron chi connectivity index (χ3n) is 4.92. The minimum atomic E-state index is 0.811. The summed E-state index contributed by atoms with van der Waals surface area (Å²) in [5, 5.41) is 0. The molecule has 0 saturated carbocycles. The number of methoxy groups -OCH3 is 1. The van der Waals surface area contributed by atoms with E-state index in [1.54, 1.807) is 7.11 Å². The van der Waals surface area contributed by atoms with Gasteiger partial charge < -0.3 is 14.2 Å². The van der Waals surface area contributed by atoms with Gasteiger partial charge in [0.05, 0.1) is 7.11 Å². The van der Waals surface area contributed by atoms with Gasteiger partial charge in [0.25, 0.3) is 0 Å². The quantitative estimate of drug-likeness (QED) is 0.474. The summed E-state index contributed by atoms with van der Waals surface area (Å²) in [4.78, 5) is 0. The summed E-state index contributed by atoms with van der Waals surface area (Å²) < 4.78 is 17.9. The Labute approximate surface area is 167 Å². The van der Waals surface area contributed by atoms with Crippen molar-refractivity contribution in [3.63, 3.8) is 0 Å². The molecule has 0 atom stereocenters. The van der Waals surface area contributed by atoms with Crippen LogP contribution in [0.3, 0.4) is 0 Å². The number of hydrogen-bond donors (Lipinski definition) is 0. The van der Waals surface area contributed by atoms with E-state index in [0.717, 1.165) is 62.1 Å². The van der Waals surface area contributed by atoms with Gasteiger partial charge in [-0.3, -0.25) is 0 Å². The molecule has 0 N–H and O–H groups in total. The molecule has 3 aromatic carbocycles. The monoisotopic (exact) mass is 376 g/mol. The van der Waals surface area contributed by atoms with E-state index in [9.17, 15) is 0 Å². The maximum atomic E-state index is 6.24. The molecule has 0 aliphatic rings. The lowest BCUT2D eigenvalue weighted by Crippen LogP contribution is -1.97. The van der Waals surface area contributed by atoms with Gasteiger partial charge in [0.1, 0.15) is 28.7 Å². The molecule has 0 aliphatic carbocycles. The standard InChI is InChI=1S/C25H28O3/c1-15-9-8-10-16(2)24(15)27-22-13-19(5)25(20(6)14-22)28-21-11-17(3)23(26-7)18(4)12-21/h8-14H,1-7H3. The molecule has 3 heteroatoms. The van der Waals surface area contributed by atoms with Crippen LogP contribution < -0.4 is 14.2 Å². The highest BCUT2D eigenvalue weighted by Gasteiger charge is 2.13. The molecule has 28 heavy (non-hydrogen) atoms. The highest BCUT2D eigenvalue weighted by molar-refractivity contribution is 5.52. The lowest BCUT2D eigenvalue weighted by atomic mass is 10.1. The van der Waals surface area contributed by atoms with E-state index < -0.39 is 0 Å². The first-order chi connectivity index (χ1) is 13.3. The third-order valence-corrected chi connectivity index (χ3v) is 4.92. The van der Waals surface area contributed by atoms with Crippen LogP contribution >= 0.6 is 0 Å². The van der Waals surface area contributed by atoms with Crippen molar-refractivity contribution in [1.82, 2.24) is 0 Å². The zero-order chi connectivity index (χ0) is 20.4. The largest absolute Gasteiger partial charge is 0.496 e. The molecule has 146 valence electrons. The van der Waals surface area contributed by atoms with E-state index >= 15 is 0 Å². The second kappa shape index (κ2) is 7.97.